The van der Waals surface area contributed by atoms with Crippen LogP contribution < -0.4 is 0 Å². The molecule has 2 nitrogen and oxygen atoms in total. The number of H-pyrrole nitrogens is 1. The molecule has 86 valence electrons. The lowest BCUT2D eigenvalue weighted by molar-refractivity contribution is -0.134. The molecule has 0 unspecified atom stereocenters. The van der Waals surface area contributed by atoms with Crippen molar-refractivity contribution < 1.29 is 13.2 Å². The molecular formula is C10H8ClF3N2. The molecule has 0 amide bonds. The number of fused-ring (bicyclic) bond motifs is 1. The van der Waals surface area contributed by atoms with Crippen LogP contribution in [-0.4, -0.2) is 16.1 Å². The lowest BCUT2D eigenvalue weighted by Crippen LogP contribution is -2.09. The molecule has 0 aliphatic carbocycles. The summed E-state index contributed by atoms with van der Waals surface area (Å²) in [5.74, 6) is 0.328. The predicted molar refractivity (Wildman–Crippen MR) is 55.5 cm³/mol. The molecule has 1 N–H and O–H groups in total. The van der Waals surface area contributed by atoms with Crippen molar-refractivity contribution in [3.05, 3.63) is 29.0 Å². The highest BCUT2D eigenvalue weighted by Crippen LogP contribution is 2.23. The average molecular weight is 249 g/mol. The van der Waals surface area contributed by atoms with Gasteiger partial charge in [0.15, 0.2) is 0 Å². The summed E-state index contributed by atoms with van der Waals surface area (Å²) in [6.07, 6.45) is -5.17. The van der Waals surface area contributed by atoms with Crippen molar-refractivity contribution in [2.75, 3.05) is 0 Å². The molecule has 6 heteroatoms. The summed E-state index contributed by atoms with van der Waals surface area (Å²) in [5, 5.41) is 0.526. The SMILES string of the molecule is FC(F)(F)CCc1nc2ccc(Cl)cc2[nH]1. The maximum absolute atomic E-state index is 12.0. The van der Waals surface area contributed by atoms with Crippen molar-refractivity contribution in [1.29, 1.82) is 0 Å². The number of halogens is 4. The molecule has 0 radical (unpaired) electrons. The van der Waals surface area contributed by atoms with Gasteiger partial charge in [-0.2, -0.15) is 13.2 Å². The molecule has 0 saturated heterocycles. The maximum Gasteiger partial charge on any atom is 0.389 e. The third kappa shape index (κ3) is 2.66. The second kappa shape index (κ2) is 3.97. The maximum atomic E-state index is 12.0. The molecular weight excluding hydrogens is 241 g/mol. The lowest BCUT2D eigenvalue weighted by Gasteiger charge is -2.02. The van der Waals surface area contributed by atoms with Gasteiger partial charge >= 0.3 is 6.18 Å². The van der Waals surface area contributed by atoms with Gasteiger partial charge in [0.1, 0.15) is 5.82 Å². The zero-order valence-corrected chi connectivity index (χ0v) is 8.86. The Morgan fingerprint density at radius 3 is 2.75 bits per heavy atom. The minimum Gasteiger partial charge on any atom is -0.342 e. The van der Waals surface area contributed by atoms with E-state index in [1.165, 1.54) is 0 Å². The number of aromatic nitrogens is 2. The highest BCUT2D eigenvalue weighted by Gasteiger charge is 2.27. The number of benzene rings is 1. The first-order valence-electron chi connectivity index (χ1n) is 4.65. The Labute approximate surface area is 94.4 Å². The number of aryl methyl sites for hydroxylation is 1. The van der Waals surface area contributed by atoms with Gasteiger partial charge in [0.05, 0.1) is 17.5 Å². The summed E-state index contributed by atoms with van der Waals surface area (Å²) >= 11 is 5.75. The van der Waals surface area contributed by atoms with Crippen LogP contribution in [0.4, 0.5) is 13.2 Å². The fraction of sp³-hybridized carbons (Fsp3) is 0.300. The largest absolute Gasteiger partial charge is 0.389 e. The number of imidazole rings is 1. The minimum absolute atomic E-state index is 0.143. The molecule has 0 aliphatic rings. The van der Waals surface area contributed by atoms with E-state index in [2.05, 4.69) is 9.97 Å². The lowest BCUT2D eigenvalue weighted by atomic mass is 10.3. The summed E-state index contributed by atoms with van der Waals surface area (Å²) in [4.78, 5) is 6.86. The van der Waals surface area contributed by atoms with Crippen LogP contribution in [0.2, 0.25) is 5.02 Å². The van der Waals surface area contributed by atoms with E-state index in [1.54, 1.807) is 18.2 Å². The highest BCUT2D eigenvalue weighted by atomic mass is 35.5. The number of nitrogens with zero attached hydrogens (tertiary/aromatic N) is 1. The van der Waals surface area contributed by atoms with E-state index < -0.39 is 12.6 Å². The molecule has 0 spiro atoms. The van der Waals surface area contributed by atoms with E-state index >= 15 is 0 Å². The molecule has 0 atom stereocenters. The van der Waals surface area contributed by atoms with Crippen molar-refractivity contribution in [1.82, 2.24) is 9.97 Å². The smallest absolute Gasteiger partial charge is 0.342 e. The Kier molecular flexibility index (Phi) is 2.80. The third-order valence-corrected chi connectivity index (χ3v) is 2.37. The van der Waals surface area contributed by atoms with Crippen LogP contribution in [0, 0.1) is 0 Å². The van der Waals surface area contributed by atoms with E-state index in [-0.39, 0.29) is 6.42 Å². The van der Waals surface area contributed by atoms with E-state index in [9.17, 15) is 13.2 Å². The predicted octanol–water partition coefficient (Wildman–Crippen LogP) is 3.71. The summed E-state index contributed by atoms with van der Waals surface area (Å²) in [5.41, 5.74) is 1.28. The van der Waals surface area contributed by atoms with Gasteiger partial charge in [-0.25, -0.2) is 4.98 Å². The molecule has 0 aliphatic heterocycles. The van der Waals surface area contributed by atoms with Gasteiger partial charge in [0, 0.05) is 11.4 Å². The van der Waals surface area contributed by atoms with Crippen LogP contribution in [0.5, 0.6) is 0 Å². The zero-order valence-electron chi connectivity index (χ0n) is 8.11. The topological polar surface area (TPSA) is 28.7 Å². The number of hydrogen-bond donors (Lipinski definition) is 1. The molecule has 16 heavy (non-hydrogen) atoms. The molecule has 2 aromatic rings. The van der Waals surface area contributed by atoms with Gasteiger partial charge in [0.2, 0.25) is 0 Å². The van der Waals surface area contributed by atoms with Crippen LogP contribution in [0.3, 0.4) is 0 Å². The van der Waals surface area contributed by atoms with E-state index in [4.69, 9.17) is 11.6 Å². The van der Waals surface area contributed by atoms with Gasteiger partial charge in [0.25, 0.3) is 0 Å². The second-order valence-electron chi connectivity index (χ2n) is 3.46. The van der Waals surface area contributed by atoms with Gasteiger partial charge in [-0.1, -0.05) is 11.6 Å². The highest BCUT2D eigenvalue weighted by molar-refractivity contribution is 6.31. The number of nitrogens with one attached hydrogen (secondary N) is 1. The Morgan fingerprint density at radius 1 is 1.31 bits per heavy atom. The van der Waals surface area contributed by atoms with Crippen molar-refractivity contribution in [3.63, 3.8) is 0 Å². The first kappa shape index (κ1) is 11.3. The molecule has 0 fully saturated rings. The molecule has 0 bridgehead atoms. The fourth-order valence-electron chi connectivity index (χ4n) is 1.41. The summed E-state index contributed by atoms with van der Waals surface area (Å²) in [6, 6.07) is 4.96. The van der Waals surface area contributed by atoms with E-state index in [0.29, 0.717) is 21.9 Å². The standard InChI is InChI=1S/C10H8ClF3N2/c11-6-1-2-7-8(5-6)16-9(15-7)3-4-10(12,13)14/h1-2,5H,3-4H2,(H,15,16). The van der Waals surface area contributed by atoms with E-state index in [0.717, 1.165) is 0 Å². The van der Waals surface area contributed by atoms with Gasteiger partial charge in [-0.3, -0.25) is 0 Å². The Bertz CT molecular complexity index is 504. The van der Waals surface area contributed by atoms with Crippen LogP contribution in [0.15, 0.2) is 18.2 Å². The zero-order chi connectivity index (χ0) is 11.8. The van der Waals surface area contributed by atoms with Crippen LogP contribution in [-0.2, 0) is 6.42 Å². The van der Waals surface area contributed by atoms with Crippen molar-refractivity contribution in [3.8, 4) is 0 Å². The second-order valence-corrected chi connectivity index (χ2v) is 3.90. The van der Waals surface area contributed by atoms with Crippen LogP contribution in [0.1, 0.15) is 12.2 Å². The molecule has 0 saturated carbocycles. The van der Waals surface area contributed by atoms with E-state index in [1.807, 2.05) is 0 Å². The van der Waals surface area contributed by atoms with Crippen molar-refractivity contribution in [2.24, 2.45) is 0 Å². The van der Waals surface area contributed by atoms with Crippen molar-refractivity contribution in [2.45, 2.75) is 19.0 Å². The quantitative estimate of drug-likeness (QED) is 0.862. The first-order valence-corrected chi connectivity index (χ1v) is 5.03. The molecule has 1 aromatic carbocycles. The number of alkyl halides is 3. The average Bonchev–Trinajstić information content (AvgIpc) is 2.55. The third-order valence-electron chi connectivity index (χ3n) is 2.14. The van der Waals surface area contributed by atoms with Gasteiger partial charge < -0.3 is 4.98 Å². The normalized spacial score (nSPS) is 12.2. The fourth-order valence-corrected chi connectivity index (χ4v) is 1.59. The van der Waals surface area contributed by atoms with Gasteiger partial charge in [-0.05, 0) is 18.2 Å². The Hall–Kier alpha value is -1.23. The molecule has 1 aromatic heterocycles. The number of aromatic amines is 1. The van der Waals surface area contributed by atoms with Crippen LogP contribution >= 0.6 is 11.6 Å². The monoisotopic (exact) mass is 248 g/mol. The first-order chi connectivity index (χ1) is 7.44. The van der Waals surface area contributed by atoms with Gasteiger partial charge in [-0.15, -0.1) is 0 Å². The number of rotatable bonds is 2. The van der Waals surface area contributed by atoms with Crippen LogP contribution in [0.25, 0.3) is 11.0 Å². The Balaban J connectivity index is 2.20. The summed E-state index contributed by atoms with van der Waals surface area (Å²) in [7, 11) is 0. The van der Waals surface area contributed by atoms with Crippen molar-refractivity contribution >= 4 is 22.6 Å². The Morgan fingerprint density at radius 2 is 2.06 bits per heavy atom. The number of hydrogen-bond acceptors (Lipinski definition) is 1. The summed E-state index contributed by atoms with van der Waals surface area (Å²) < 4.78 is 36.0. The molecule has 2 rings (SSSR count). The minimum atomic E-state index is -4.16. The summed E-state index contributed by atoms with van der Waals surface area (Å²) in [6.45, 7) is 0. The molecule has 1 heterocycles.